The first kappa shape index (κ1) is 13.7. The lowest BCUT2D eigenvalue weighted by Gasteiger charge is -2.29. The van der Waals surface area contributed by atoms with Crippen LogP contribution in [-0.2, 0) is 9.53 Å². The summed E-state index contributed by atoms with van der Waals surface area (Å²) in [4.78, 5) is 26.8. The molecule has 7 nitrogen and oxygen atoms in total. The molecule has 0 spiro atoms. The smallest absolute Gasteiger partial charge is 0.414 e. The second-order valence-corrected chi connectivity index (χ2v) is 4.93. The van der Waals surface area contributed by atoms with Crippen molar-refractivity contribution in [3.63, 3.8) is 0 Å². The van der Waals surface area contributed by atoms with Gasteiger partial charge in [-0.25, -0.2) is 4.79 Å². The van der Waals surface area contributed by atoms with Gasteiger partial charge in [-0.1, -0.05) is 0 Å². The lowest BCUT2D eigenvalue weighted by molar-refractivity contribution is -0.121. The summed E-state index contributed by atoms with van der Waals surface area (Å²) >= 11 is 0. The highest BCUT2D eigenvalue weighted by molar-refractivity contribution is 5.99. The van der Waals surface area contributed by atoms with E-state index in [4.69, 9.17) is 15.2 Å². The van der Waals surface area contributed by atoms with Gasteiger partial charge in [0.25, 0.3) is 5.91 Å². The number of ether oxygens (including phenoxy) is 2. The van der Waals surface area contributed by atoms with Crippen LogP contribution in [-0.4, -0.2) is 44.3 Å². The van der Waals surface area contributed by atoms with E-state index < -0.39 is 6.09 Å². The maximum Gasteiger partial charge on any atom is 0.414 e. The normalized spacial score (nSPS) is 21.1. The van der Waals surface area contributed by atoms with Crippen molar-refractivity contribution in [2.75, 3.05) is 36.0 Å². The van der Waals surface area contributed by atoms with E-state index >= 15 is 0 Å². The number of rotatable bonds is 3. The molecule has 2 aliphatic rings. The molecule has 2 heterocycles. The van der Waals surface area contributed by atoms with Gasteiger partial charge in [0, 0.05) is 19.2 Å². The van der Waals surface area contributed by atoms with Gasteiger partial charge in [0.2, 0.25) is 0 Å². The zero-order valence-corrected chi connectivity index (χ0v) is 11.7. The van der Waals surface area contributed by atoms with Crippen LogP contribution in [0.3, 0.4) is 0 Å². The zero-order valence-electron chi connectivity index (χ0n) is 11.7. The van der Waals surface area contributed by atoms with Crippen LogP contribution in [0.5, 0.6) is 5.75 Å². The van der Waals surface area contributed by atoms with E-state index in [1.54, 1.807) is 23.1 Å². The second-order valence-electron chi connectivity index (χ2n) is 4.93. The molecule has 2 amide bonds. The maximum atomic E-state index is 11.8. The van der Waals surface area contributed by atoms with Gasteiger partial charge in [-0.2, -0.15) is 0 Å². The van der Waals surface area contributed by atoms with Crippen LogP contribution in [0.2, 0.25) is 0 Å². The fourth-order valence-corrected chi connectivity index (χ4v) is 2.56. The highest BCUT2D eigenvalue weighted by Crippen LogP contribution is 2.36. The molecule has 2 N–H and O–H groups in total. The Bertz CT molecular complexity index is 590. The van der Waals surface area contributed by atoms with Crippen LogP contribution in [0.4, 0.5) is 16.2 Å². The minimum atomic E-state index is -0.412. The van der Waals surface area contributed by atoms with E-state index in [-0.39, 0.29) is 18.6 Å². The second kappa shape index (κ2) is 5.25. The average Bonchev–Trinajstić information content (AvgIpc) is 2.88. The monoisotopic (exact) mass is 291 g/mol. The molecule has 21 heavy (non-hydrogen) atoms. The van der Waals surface area contributed by atoms with E-state index in [1.807, 2.05) is 6.92 Å². The molecule has 0 aliphatic carbocycles. The average molecular weight is 291 g/mol. The number of benzene rings is 1. The van der Waals surface area contributed by atoms with Crippen molar-refractivity contribution >= 4 is 23.4 Å². The molecule has 0 aromatic heterocycles. The highest BCUT2D eigenvalue weighted by atomic mass is 16.6. The Kier molecular flexibility index (Phi) is 3.42. The van der Waals surface area contributed by atoms with Gasteiger partial charge in [0.1, 0.15) is 11.9 Å². The molecule has 0 bridgehead atoms. The summed E-state index contributed by atoms with van der Waals surface area (Å²) in [6.07, 6.45) is -0.701. The van der Waals surface area contributed by atoms with Gasteiger partial charge in [0.15, 0.2) is 6.61 Å². The number of carbonyl (C=O) groups excluding carboxylic acids is 2. The van der Waals surface area contributed by atoms with Gasteiger partial charge in [0.05, 0.1) is 17.9 Å². The van der Waals surface area contributed by atoms with Gasteiger partial charge in [-0.3, -0.25) is 9.69 Å². The predicted octanol–water partition coefficient (Wildman–Crippen LogP) is 0.716. The minimum Gasteiger partial charge on any atom is -0.481 e. The third-order valence-corrected chi connectivity index (χ3v) is 3.65. The summed E-state index contributed by atoms with van der Waals surface area (Å²) in [5, 5.41) is 0. The standard InChI is InChI=1S/C14H17N3O4/c1-2-16-11-4-3-9(5-12(11)20-8-13(16)18)17-7-10(6-15)21-14(17)19/h3-5,10H,2,6-8,15H2,1H3. The molecule has 0 radical (unpaired) electrons. The number of hydrogen-bond donors (Lipinski definition) is 1. The van der Waals surface area contributed by atoms with Crippen LogP contribution < -0.4 is 20.3 Å². The first-order chi connectivity index (χ1) is 10.1. The summed E-state index contributed by atoms with van der Waals surface area (Å²) in [5.41, 5.74) is 6.93. The molecule has 112 valence electrons. The molecule has 1 unspecified atom stereocenters. The number of likely N-dealkylation sites (N-methyl/N-ethyl adjacent to an activating group) is 1. The lowest BCUT2D eigenvalue weighted by atomic mass is 10.2. The summed E-state index contributed by atoms with van der Waals surface area (Å²) in [5.74, 6) is 0.527. The molecule has 1 fully saturated rings. The summed E-state index contributed by atoms with van der Waals surface area (Å²) in [6, 6.07) is 5.32. The molecule has 1 aromatic carbocycles. The Labute approximate surface area is 122 Å². The maximum absolute atomic E-state index is 11.8. The first-order valence-electron chi connectivity index (χ1n) is 6.89. The van der Waals surface area contributed by atoms with Crippen molar-refractivity contribution < 1.29 is 19.1 Å². The Hall–Kier alpha value is -2.28. The molecule has 1 atom stereocenters. The first-order valence-corrected chi connectivity index (χ1v) is 6.89. The van der Waals surface area contributed by atoms with Crippen molar-refractivity contribution in [3.8, 4) is 5.75 Å². The Morgan fingerprint density at radius 3 is 2.86 bits per heavy atom. The molecule has 1 saturated heterocycles. The molecular weight excluding hydrogens is 274 g/mol. The summed E-state index contributed by atoms with van der Waals surface area (Å²) < 4.78 is 10.6. The number of amides is 2. The third kappa shape index (κ3) is 2.29. The topological polar surface area (TPSA) is 85.1 Å². The molecule has 3 rings (SSSR count). The minimum absolute atomic E-state index is 0.0141. The molecule has 0 saturated carbocycles. The Balaban J connectivity index is 1.90. The Morgan fingerprint density at radius 2 is 2.19 bits per heavy atom. The van der Waals surface area contributed by atoms with Gasteiger partial charge in [-0.05, 0) is 19.1 Å². The number of hydrogen-bond acceptors (Lipinski definition) is 5. The SMILES string of the molecule is CCN1C(=O)COc2cc(N3CC(CN)OC3=O)ccc21. The number of carbonyl (C=O) groups is 2. The number of cyclic esters (lactones) is 1. The fourth-order valence-electron chi connectivity index (χ4n) is 2.56. The fraction of sp³-hybridized carbons (Fsp3) is 0.429. The highest BCUT2D eigenvalue weighted by Gasteiger charge is 2.33. The van der Waals surface area contributed by atoms with Gasteiger partial charge < -0.3 is 20.1 Å². The number of nitrogens with zero attached hydrogens (tertiary/aromatic N) is 2. The van der Waals surface area contributed by atoms with Crippen molar-refractivity contribution in [3.05, 3.63) is 18.2 Å². The third-order valence-electron chi connectivity index (χ3n) is 3.65. The van der Waals surface area contributed by atoms with Gasteiger partial charge in [-0.15, -0.1) is 0 Å². The van der Waals surface area contributed by atoms with Crippen LogP contribution in [0.25, 0.3) is 0 Å². The molecular formula is C14H17N3O4. The lowest BCUT2D eigenvalue weighted by Crippen LogP contribution is -2.38. The molecule has 1 aromatic rings. The summed E-state index contributed by atoms with van der Waals surface area (Å²) in [7, 11) is 0. The van der Waals surface area contributed by atoms with Crippen LogP contribution in [0.15, 0.2) is 18.2 Å². The quantitative estimate of drug-likeness (QED) is 0.886. The zero-order chi connectivity index (χ0) is 15.0. The van der Waals surface area contributed by atoms with Gasteiger partial charge >= 0.3 is 6.09 Å². The van der Waals surface area contributed by atoms with E-state index in [0.29, 0.717) is 31.1 Å². The van der Waals surface area contributed by atoms with Crippen molar-refractivity contribution in [2.24, 2.45) is 5.73 Å². The predicted molar refractivity (Wildman–Crippen MR) is 76.6 cm³/mol. The molecule has 7 heteroatoms. The van der Waals surface area contributed by atoms with E-state index in [9.17, 15) is 9.59 Å². The van der Waals surface area contributed by atoms with E-state index in [2.05, 4.69) is 0 Å². The molecule has 2 aliphatic heterocycles. The number of fused-ring (bicyclic) bond motifs is 1. The van der Waals surface area contributed by atoms with E-state index in [0.717, 1.165) is 5.69 Å². The van der Waals surface area contributed by atoms with Crippen LogP contribution >= 0.6 is 0 Å². The van der Waals surface area contributed by atoms with E-state index in [1.165, 1.54) is 4.90 Å². The van der Waals surface area contributed by atoms with Crippen molar-refractivity contribution in [1.82, 2.24) is 0 Å². The number of nitrogens with two attached hydrogens (primary N) is 1. The van der Waals surface area contributed by atoms with Crippen molar-refractivity contribution in [1.29, 1.82) is 0 Å². The Morgan fingerprint density at radius 1 is 1.38 bits per heavy atom. The largest absolute Gasteiger partial charge is 0.481 e. The van der Waals surface area contributed by atoms with Crippen molar-refractivity contribution in [2.45, 2.75) is 13.0 Å². The number of anilines is 2. The van der Waals surface area contributed by atoms with Crippen LogP contribution in [0, 0.1) is 0 Å². The van der Waals surface area contributed by atoms with Crippen LogP contribution in [0.1, 0.15) is 6.92 Å². The summed E-state index contributed by atoms with van der Waals surface area (Å²) in [6.45, 7) is 3.21.